The highest BCUT2D eigenvalue weighted by molar-refractivity contribution is 5.67. The van der Waals surface area contributed by atoms with Crippen molar-refractivity contribution in [3.63, 3.8) is 0 Å². The molecular formula is C17H28N6O2. The number of amides is 1. The number of piperazine rings is 1. The maximum absolute atomic E-state index is 11.8. The van der Waals surface area contributed by atoms with Crippen LogP contribution in [0.3, 0.4) is 0 Å². The zero-order valence-corrected chi connectivity index (χ0v) is 15.1. The number of nitrogens with one attached hydrogen (secondary N) is 1. The van der Waals surface area contributed by atoms with Crippen LogP contribution in [0.2, 0.25) is 0 Å². The van der Waals surface area contributed by atoms with E-state index in [0.717, 1.165) is 44.8 Å². The van der Waals surface area contributed by atoms with Crippen LogP contribution in [0.1, 0.15) is 19.8 Å². The highest BCUT2D eigenvalue weighted by Crippen LogP contribution is 2.18. The molecule has 0 aliphatic carbocycles. The van der Waals surface area contributed by atoms with E-state index in [4.69, 9.17) is 4.74 Å². The fraction of sp³-hybridized carbons (Fsp3) is 0.706. The topological polar surface area (TPSA) is 73.8 Å². The maximum atomic E-state index is 11.8. The summed E-state index contributed by atoms with van der Waals surface area (Å²) in [5.74, 6) is 1.65. The Hall–Kier alpha value is -2.09. The highest BCUT2D eigenvalue weighted by atomic mass is 16.6. The van der Waals surface area contributed by atoms with Gasteiger partial charge in [-0.2, -0.15) is 4.98 Å². The third kappa shape index (κ3) is 4.72. The van der Waals surface area contributed by atoms with Gasteiger partial charge in [-0.25, -0.2) is 9.78 Å². The van der Waals surface area contributed by atoms with Gasteiger partial charge in [0.05, 0.1) is 6.61 Å². The van der Waals surface area contributed by atoms with E-state index < -0.39 is 0 Å². The van der Waals surface area contributed by atoms with Crippen LogP contribution >= 0.6 is 0 Å². The van der Waals surface area contributed by atoms with E-state index in [2.05, 4.69) is 32.1 Å². The Morgan fingerprint density at radius 1 is 1.24 bits per heavy atom. The van der Waals surface area contributed by atoms with Crippen LogP contribution in [0.25, 0.3) is 0 Å². The van der Waals surface area contributed by atoms with Gasteiger partial charge in [0.1, 0.15) is 5.82 Å². The molecule has 1 amide bonds. The number of anilines is 2. The van der Waals surface area contributed by atoms with E-state index in [9.17, 15) is 4.79 Å². The van der Waals surface area contributed by atoms with Crippen molar-refractivity contribution in [2.75, 3.05) is 63.1 Å². The molecule has 1 N–H and O–H groups in total. The van der Waals surface area contributed by atoms with E-state index >= 15 is 0 Å². The fourth-order valence-corrected chi connectivity index (χ4v) is 3.23. The lowest BCUT2D eigenvalue weighted by molar-refractivity contribution is 0.0983. The molecule has 138 valence electrons. The van der Waals surface area contributed by atoms with Crippen molar-refractivity contribution in [3.8, 4) is 0 Å². The predicted octanol–water partition coefficient (Wildman–Crippen LogP) is 1.26. The summed E-state index contributed by atoms with van der Waals surface area (Å²) in [4.78, 5) is 27.2. The van der Waals surface area contributed by atoms with Gasteiger partial charge >= 0.3 is 6.09 Å². The van der Waals surface area contributed by atoms with Crippen LogP contribution in [-0.2, 0) is 4.74 Å². The summed E-state index contributed by atoms with van der Waals surface area (Å²) in [6.07, 6.45) is 3.35. The van der Waals surface area contributed by atoms with Gasteiger partial charge < -0.3 is 24.8 Å². The Labute approximate surface area is 149 Å². The molecule has 0 unspecified atom stereocenters. The van der Waals surface area contributed by atoms with Crippen LogP contribution in [0.4, 0.5) is 16.6 Å². The minimum absolute atomic E-state index is 0.214. The number of piperidine rings is 1. The number of carbonyl (C=O) groups is 1. The third-order valence-corrected chi connectivity index (χ3v) is 4.82. The van der Waals surface area contributed by atoms with E-state index in [1.807, 2.05) is 19.2 Å². The summed E-state index contributed by atoms with van der Waals surface area (Å²) < 4.78 is 5.06. The molecule has 8 heteroatoms. The molecule has 2 aliphatic heterocycles. The van der Waals surface area contributed by atoms with E-state index in [0.29, 0.717) is 25.6 Å². The lowest BCUT2D eigenvalue weighted by Gasteiger charge is -2.33. The highest BCUT2D eigenvalue weighted by Gasteiger charge is 2.24. The van der Waals surface area contributed by atoms with E-state index in [1.165, 1.54) is 0 Å². The smallest absolute Gasteiger partial charge is 0.409 e. The van der Waals surface area contributed by atoms with Crippen molar-refractivity contribution in [1.29, 1.82) is 0 Å². The van der Waals surface area contributed by atoms with Crippen LogP contribution in [0, 0.1) is 0 Å². The standard InChI is InChI=1S/C17H28N6O2/c1-3-25-17(24)23-8-5-14(6-9-23)19-16-18-7-4-15(20-16)22-12-10-21(2)11-13-22/h4,7,14H,3,5-6,8-13H2,1-2H3,(H,18,19,20). The molecule has 2 saturated heterocycles. The van der Waals surface area contributed by atoms with Gasteiger partial charge in [-0.3, -0.25) is 0 Å². The van der Waals surface area contributed by atoms with Crippen LogP contribution in [0.15, 0.2) is 12.3 Å². The van der Waals surface area contributed by atoms with Crippen molar-refractivity contribution in [1.82, 2.24) is 19.8 Å². The molecule has 8 nitrogen and oxygen atoms in total. The first-order valence-electron chi connectivity index (χ1n) is 9.10. The molecular weight excluding hydrogens is 320 g/mol. The van der Waals surface area contributed by atoms with Crippen molar-refractivity contribution < 1.29 is 9.53 Å². The van der Waals surface area contributed by atoms with Crippen LogP contribution in [-0.4, -0.2) is 84.8 Å². The average molecular weight is 348 g/mol. The molecule has 0 bridgehead atoms. The molecule has 2 fully saturated rings. The quantitative estimate of drug-likeness (QED) is 0.878. The molecule has 0 spiro atoms. The molecule has 25 heavy (non-hydrogen) atoms. The van der Waals surface area contributed by atoms with Gasteiger partial charge in [0, 0.05) is 51.5 Å². The summed E-state index contributed by atoms with van der Waals surface area (Å²) >= 11 is 0. The molecule has 3 heterocycles. The SMILES string of the molecule is CCOC(=O)N1CCC(Nc2nccc(N3CCN(C)CC3)n2)CC1. The van der Waals surface area contributed by atoms with Gasteiger partial charge in [0.25, 0.3) is 0 Å². The number of likely N-dealkylation sites (tertiary alicyclic amines) is 1. The van der Waals surface area contributed by atoms with Gasteiger partial charge in [0.15, 0.2) is 0 Å². The molecule has 1 aromatic rings. The second-order valence-electron chi connectivity index (χ2n) is 6.63. The van der Waals surface area contributed by atoms with Gasteiger partial charge in [-0.15, -0.1) is 0 Å². The number of aromatic nitrogens is 2. The molecule has 2 aliphatic rings. The van der Waals surface area contributed by atoms with Crippen LogP contribution < -0.4 is 10.2 Å². The number of ether oxygens (including phenoxy) is 1. The fourth-order valence-electron chi connectivity index (χ4n) is 3.23. The largest absolute Gasteiger partial charge is 0.450 e. The number of likely N-dealkylation sites (N-methyl/N-ethyl adjacent to an activating group) is 1. The van der Waals surface area contributed by atoms with Crippen molar-refractivity contribution in [2.24, 2.45) is 0 Å². The minimum Gasteiger partial charge on any atom is -0.450 e. The lowest BCUT2D eigenvalue weighted by atomic mass is 10.1. The molecule has 1 aromatic heterocycles. The Bertz CT molecular complexity index is 568. The van der Waals surface area contributed by atoms with E-state index in [1.54, 1.807) is 4.90 Å². The minimum atomic E-state index is -0.214. The number of carbonyl (C=O) groups excluding carboxylic acids is 1. The third-order valence-electron chi connectivity index (χ3n) is 4.82. The molecule has 0 atom stereocenters. The number of hydrogen-bond acceptors (Lipinski definition) is 7. The Balaban J connectivity index is 1.52. The van der Waals surface area contributed by atoms with Crippen molar-refractivity contribution >= 4 is 17.9 Å². The molecule has 3 rings (SSSR count). The molecule has 0 saturated carbocycles. The summed E-state index contributed by atoms with van der Waals surface area (Å²) in [5, 5.41) is 3.42. The predicted molar refractivity (Wildman–Crippen MR) is 97.0 cm³/mol. The summed E-state index contributed by atoms with van der Waals surface area (Å²) in [6, 6.07) is 2.26. The summed E-state index contributed by atoms with van der Waals surface area (Å²) in [6.45, 7) is 7.75. The van der Waals surface area contributed by atoms with Crippen LogP contribution in [0.5, 0.6) is 0 Å². The monoisotopic (exact) mass is 348 g/mol. The zero-order valence-electron chi connectivity index (χ0n) is 15.1. The molecule has 0 aromatic carbocycles. The second kappa shape index (κ2) is 8.33. The lowest BCUT2D eigenvalue weighted by Crippen LogP contribution is -2.45. The van der Waals surface area contributed by atoms with Gasteiger partial charge in [-0.1, -0.05) is 0 Å². The van der Waals surface area contributed by atoms with Crippen molar-refractivity contribution in [3.05, 3.63) is 12.3 Å². The zero-order chi connectivity index (χ0) is 17.6. The van der Waals surface area contributed by atoms with Crippen molar-refractivity contribution in [2.45, 2.75) is 25.8 Å². The first kappa shape index (κ1) is 17.7. The van der Waals surface area contributed by atoms with E-state index in [-0.39, 0.29) is 12.1 Å². The Kier molecular flexibility index (Phi) is 5.91. The normalized spacial score (nSPS) is 19.8. The second-order valence-corrected chi connectivity index (χ2v) is 6.63. The number of rotatable bonds is 4. The van der Waals surface area contributed by atoms with Gasteiger partial charge in [-0.05, 0) is 32.9 Å². The molecule has 0 radical (unpaired) electrons. The van der Waals surface area contributed by atoms with Gasteiger partial charge in [0.2, 0.25) is 5.95 Å². The number of nitrogens with zero attached hydrogens (tertiary/aromatic N) is 5. The Morgan fingerprint density at radius 2 is 1.96 bits per heavy atom. The Morgan fingerprint density at radius 3 is 2.64 bits per heavy atom. The first-order valence-corrected chi connectivity index (χ1v) is 9.10. The maximum Gasteiger partial charge on any atom is 0.409 e. The first-order chi connectivity index (χ1) is 12.2. The summed E-state index contributed by atoms with van der Waals surface area (Å²) in [7, 11) is 2.15. The number of hydrogen-bond donors (Lipinski definition) is 1. The average Bonchev–Trinajstić information content (AvgIpc) is 2.63. The summed E-state index contributed by atoms with van der Waals surface area (Å²) in [5.41, 5.74) is 0.